The SMILES string of the molecule is CC(O)(CC(=O)O)CN1CCCCC1. The minimum Gasteiger partial charge on any atom is -0.481 e. The Morgan fingerprint density at radius 3 is 2.43 bits per heavy atom. The zero-order valence-electron chi connectivity index (χ0n) is 8.70. The summed E-state index contributed by atoms with van der Waals surface area (Å²) in [6, 6.07) is 0. The predicted octanol–water partition coefficient (Wildman–Crippen LogP) is 0.698. The zero-order valence-corrected chi connectivity index (χ0v) is 8.70. The molecule has 14 heavy (non-hydrogen) atoms. The molecule has 1 fully saturated rings. The summed E-state index contributed by atoms with van der Waals surface area (Å²) in [7, 11) is 0. The number of nitrogens with zero attached hydrogens (tertiary/aromatic N) is 1. The van der Waals surface area contributed by atoms with Gasteiger partial charge in [0, 0.05) is 6.54 Å². The summed E-state index contributed by atoms with van der Waals surface area (Å²) in [4.78, 5) is 12.6. The molecule has 1 heterocycles. The van der Waals surface area contributed by atoms with E-state index in [1.165, 1.54) is 6.42 Å². The highest BCUT2D eigenvalue weighted by molar-refractivity contribution is 5.68. The van der Waals surface area contributed by atoms with Gasteiger partial charge >= 0.3 is 5.97 Å². The lowest BCUT2D eigenvalue weighted by Gasteiger charge is -2.33. The van der Waals surface area contributed by atoms with Crippen LogP contribution < -0.4 is 0 Å². The lowest BCUT2D eigenvalue weighted by Crippen LogP contribution is -2.44. The van der Waals surface area contributed by atoms with Crippen LogP contribution in [0.4, 0.5) is 0 Å². The number of piperidine rings is 1. The molecule has 0 amide bonds. The highest BCUT2D eigenvalue weighted by Gasteiger charge is 2.27. The van der Waals surface area contributed by atoms with Gasteiger partial charge in [-0.25, -0.2) is 0 Å². The van der Waals surface area contributed by atoms with Gasteiger partial charge in [0.2, 0.25) is 0 Å². The number of aliphatic carboxylic acids is 1. The summed E-state index contributed by atoms with van der Waals surface area (Å²) >= 11 is 0. The van der Waals surface area contributed by atoms with Crippen molar-refractivity contribution in [3.8, 4) is 0 Å². The van der Waals surface area contributed by atoms with Gasteiger partial charge in [0.15, 0.2) is 0 Å². The van der Waals surface area contributed by atoms with Crippen LogP contribution in [0.1, 0.15) is 32.6 Å². The van der Waals surface area contributed by atoms with Crippen molar-refractivity contribution in [3.63, 3.8) is 0 Å². The summed E-state index contributed by atoms with van der Waals surface area (Å²) in [6.07, 6.45) is 3.38. The summed E-state index contributed by atoms with van der Waals surface area (Å²) in [6.45, 7) is 4.03. The van der Waals surface area contributed by atoms with Gasteiger partial charge in [-0.05, 0) is 32.9 Å². The largest absolute Gasteiger partial charge is 0.481 e. The first-order valence-corrected chi connectivity index (χ1v) is 5.16. The second-order valence-corrected chi connectivity index (χ2v) is 4.40. The molecule has 2 N–H and O–H groups in total. The number of carboxylic acid groups (broad SMARTS) is 1. The number of hydrogen-bond donors (Lipinski definition) is 2. The summed E-state index contributed by atoms with van der Waals surface area (Å²) in [5.41, 5.74) is -1.09. The molecule has 1 aliphatic rings. The fraction of sp³-hybridized carbons (Fsp3) is 0.900. The van der Waals surface area contributed by atoms with E-state index >= 15 is 0 Å². The average Bonchev–Trinajstić information content (AvgIpc) is 2.02. The van der Waals surface area contributed by atoms with Crippen LogP contribution >= 0.6 is 0 Å². The molecule has 0 spiro atoms. The average molecular weight is 201 g/mol. The van der Waals surface area contributed by atoms with Crippen LogP contribution in [0.15, 0.2) is 0 Å². The lowest BCUT2D eigenvalue weighted by atomic mass is 10.0. The molecular formula is C10H19NO3. The Kier molecular flexibility index (Phi) is 3.89. The van der Waals surface area contributed by atoms with Crippen molar-refractivity contribution in [2.24, 2.45) is 0 Å². The molecule has 0 aromatic rings. The van der Waals surface area contributed by atoms with Crippen LogP contribution in [0, 0.1) is 0 Å². The van der Waals surface area contributed by atoms with E-state index in [2.05, 4.69) is 4.90 Å². The minimum absolute atomic E-state index is 0.177. The second-order valence-electron chi connectivity index (χ2n) is 4.40. The van der Waals surface area contributed by atoms with Crippen molar-refractivity contribution in [3.05, 3.63) is 0 Å². The standard InChI is InChI=1S/C10H19NO3/c1-10(14,7-9(12)13)8-11-5-3-2-4-6-11/h14H,2-8H2,1H3,(H,12,13). The molecule has 1 atom stereocenters. The van der Waals surface area contributed by atoms with Crippen molar-refractivity contribution in [1.82, 2.24) is 4.90 Å². The fourth-order valence-corrected chi connectivity index (χ4v) is 1.98. The Balaban J connectivity index is 2.36. The van der Waals surface area contributed by atoms with Gasteiger partial charge in [0.1, 0.15) is 0 Å². The topological polar surface area (TPSA) is 60.8 Å². The molecule has 1 saturated heterocycles. The number of hydrogen-bond acceptors (Lipinski definition) is 3. The van der Waals surface area contributed by atoms with Gasteiger partial charge < -0.3 is 15.1 Å². The number of β-amino-alcohol motifs (C(OH)–C–C–N with tert-alkyl or cyclic N) is 1. The first-order chi connectivity index (χ1) is 6.49. The van der Waals surface area contributed by atoms with Crippen molar-refractivity contribution >= 4 is 5.97 Å². The molecule has 0 bridgehead atoms. The molecule has 1 rings (SSSR count). The quantitative estimate of drug-likeness (QED) is 0.703. The van der Waals surface area contributed by atoms with E-state index in [9.17, 15) is 9.90 Å². The fourth-order valence-electron chi connectivity index (χ4n) is 1.98. The van der Waals surface area contributed by atoms with Crippen molar-refractivity contribution in [2.75, 3.05) is 19.6 Å². The lowest BCUT2D eigenvalue weighted by molar-refractivity contribution is -0.142. The van der Waals surface area contributed by atoms with E-state index in [0.29, 0.717) is 6.54 Å². The molecule has 0 radical (unpaired) electrons. The molecule has 1 unspecified atom stereocenters. The van der Waals surface area contributed by atoms with E-state index in [-0.39, 0.29) is 6.42 Å². The molecule has 82 valence electrons. The number of carboxylic acids is 1. The van der Waals surface area contributed by atoms with E-state index in [4.69, 9.17) is 5.11 Å². The van der Waals surface area contributed by atoms with Crippen LogP contribution in [0.3, 0.4) is 0 Å². The van der Waals surface area contributed by atoms with Gasteiger partial charge in [-0.3, -0.25) is 4.79 Å². The van der Waals surface area contributed by atoms with Crippen LogP contribution in [-0.4, -0.2) is 46.3 Å². The Bertz CT molecular complexity index is 198. The van der Waals surface area contributed by atoms with Crippen LogP contribution in [0.2, 0.25) is 0 Å². The van der Waals surface area contributed by atoms with E-state index in [1.807, 2.05) is 0 Å². The van der Waals surface area contributed by atoms with Gasteiger partial charge in [-0.2, -0.15) is 0 Å². The van der Waals surface area contributed by atoms with Gasteiger partial charge in [-0.1, -0.05) is 6.42 Å². The van der Waals surface area contributed by atoms with Gasteiger partial charge in [0.05, 0.1) is 12.0 Å². The summed E-state index contributed by atoms with van der Waals surface area (Å²) in [5, 5.41) is 18.4. The Morgan fingerprint density at radius 1 is 1.36 bits per heavy atom. The third-order valence-electron chi connectivity index (χ3n) is 2.54. The van der Waals surface area contributed by atoms with Crippen molar-refractivity contribution in [2.45, 2.75) is 38.2 Å². The van der Waals surface area contributed by atoms with Crippen molar-refractivity contribution < 1.29 is 15.0 Å². The minimum atomic E-state index is -1.09. The molecule has 4 heteroatoms. The smallest absolute Gasteiger partial charge is 0.306 e. The first kappa shape index (κ1) is 11.5. The number of likely N-dealkylation sites (tertiary alicyclic amines) is 1. The van der Waals surface area contributed by atoms with E-state index in [1.54, 1.807) is 6.92 Å². The zero-order chi connectivity index (χ0) is 10.6. The number of aliphatic hydroxyl groups is 1. The second kappa shape index (κ2) is 4.75. The molecular weight excluding hydrogens is 182 g/mol. The maximum atomic E-state index is 10.5. The number of rotatable bonds is 4. The maximum absolute atomic E-state index is 10.5. The first-order valence-electron chi connectivity index (χ1n) is 5.16. The van der Waals surface area contributed by atoms with E-state index in [0.717, 1.165) is 25.9 Å². The third kappa shape index (κ3) is 4.07. The van der Waals surface area contributed by atoms with E-state index < -0.39 is 11.6 Å². The highest BCUT2D eigenvalue weighted by atomic mass is 16.4. The third-order valence-corrected chi connectivity index (χ3v) is 2.54. The normalized spacial score (nSPS) is 23.0. The monoisotopic (exact) mass is 201 g/mol. The van der Waals surface area contributed by atoms with Crippen molar-refractivity contribution in [1.29, 1.82) is 0 Å². The van der Waals surface area contributed by atoms with Crippen LogP contribution in [-0.2, 0) is 4.79 Å². The van der Waals surface area contributed by atoms with Gasteiger partial charge in [0.25, 0.3) is 0 Å². The van der Waals surface area contributed by atoms with Crippen LogP contribution in [0.5, 0.6) is 0 Å². The maximum Gasteiger partial charge on any atom is 0.306 e. The summed E-state index contributed by atoms with van der Waals surface area (Å²) < 4.78 is 0. The molecule has 0 aliphatic carbocycles. The molecule has 4 nitrogen and oxygen atoms in total. The molecule has 0 aromatic heterocycles. The predicted molar refractivity (Wildman–Crippen MR) is 53.2 cm³/mol. The molecule has 0 aromatic carbocycles. The number of carbonyl (C=O) groups is 1. The molecule has 1 aliphatic heterocycles. The Morgan fingerprint density at radius 2 is 1.93 bits per heavy atom. The van der Waals surface area contributed by atoms with Gasteiger partial charge in [-0.15, -0.1) is 0 Å². The van der Waals surface area contributed by atoms with Crippen LogP contribution in [0.25, 0.3) is 0 Å². The molecule has 0 saturated carbocycles. The highest BCUT2D eigenvalue weighted by Crippen LogP contribution is 2.15. The Hall–Kier alpha value is -0.610. The summed E-state index contributed by atoms with van der Waals surface area (Å²) in [5.74, 6) is -0.938. The Labute approximate surface area is 84.5 Å².